The lowest BCUT2D eigenvalue weighted by Crippen LogP contribution is -2.19. The zero-order chi connectivity index (χ0) is 13.7. The van der Waals surface area contributed by atoms with Crippen molar-refractivity contribution in [1.82, 2.24) is 10.3 Å². The molecule has 19 heavy (non-hydrogen) atoms. The van der Waals surface area contributed by atoms with Gasteiger partial charge in [0, 0.05) is 24.4 Å². The van der Waals surface area contributed by atoms with E-state index < -0.39 is 0 Å². The zero-order valence-electron chi connectivity index (χ0n) is 12.0. The van der Waals surface area contributed by atoms with E-state index in [0.29, 0.717) is 6.04 Å². The quantitative estimate of drug-likeness (QED) is 0.884. The van der Waals surface area contributed by atoms with Gasteiger partial charge in [0.05, 0.1) is 0 Å². The SMILES string of the molecule is CCc1ccc(C(Cc2ncccc2C)NC)cc1. The average Bonchev–Trinajstić information content (AvgIpc) is 2.47. The van der Waals surface area contributed by atoms with E-state index in [2.05, 4.69) is 54.5 Å². The smallest absolute Gasteiger partial charge is 0.0451 e. The Morgan fingerprint density at radius 3 is 2.47 bits per heavy atom. The number of nitrogens with zero attached hydrogens (tertiary/aromatic N) is 1. The molecular weight excluding hydrogens is 232 g/mol. The molecule has 0 aliphatic rings. The monoisotopic (exact) mass is 254 g/mol. The molecule has 0 amide bonds. The summed E-state index contributed by atoms with van der Waals surface area (Å²) in [6.07, 6.45) is 3.88. The first-order valence-electron chi connectivity index (χ1n) is 6.91. The van der Waals surface area contributed by atoms with Gasteiger partial charge in [0.25, 0.3) is 0 Å². The molecule has 1 unspecified atom stereocenters. The maximum absolute atomic E-state index is 4.49. The lowest BCUT2D eigenvalue weighted by molar-refractivity contribution is 0.582. The van der Waals surface area contributed by atoms with Crippen LogP contribution < -0.4 is 5.32 Å². The van der Waals surface area contributed by atoms with E-state index in [0.717, 1.165) is 12.8 Å². The Morgan fingerprint density at radius 2 is 1.89 bits per heavy atom. The average molecular weight is 254 g/mol. The molecule has 1 aromatic carbocycles. The molecule has 1 aromatic heterocycles. The molecule has 0 bridgehead atoms. The summed E-state index contributed by atoms with van der Waals surface area (Å²) in [5, 5.41) is 3.39. The van der Waals surface area contributed by atoms with E-state index in [1.54, 1.807) is 0 Å². The molecule has 0 spiro atoms. The lowest BCUT2D eigenvalue weighted by Gasteiger charge is -2.17. The molecule has 0 aliphatic heterocycles. The van der Waals surface area contributed by atoms with Crippen LogP contribution >= 0.6 is 0 Å². The van der Waals surface area contributed by atoms with Crippen LogP contribution in [0.15, 0.2) is 42.6 Å². The van der Waals surface area contributed by atoms with Crippen molar-refractivity contribution in [2.45, 2.75) is 32.7 Å². The van der Waals surface area contributed by atoms with Crippen molar-refractivity contribution in [3.63, 3.8) is 0 Å². The summed E-state index contributed by atoms with van der Waals surface area (Å²) < 4.78 is 0. The van der Waals surface area contributed by atoms with E-state index >= 15 is 0 Å². The number of nitrogens with one attached hydrogen (secondary N) is 1. The van der Waals surface area contributed by atoms with Gasteiger partial charge in [-0.15, -0.1) is 0 Å². The molecule has 1 N–H and O–H groups in total. The van der Waals surface area contributed by atoms with Crippen molar-refractivity contribution in [1.29, 1.82) is 0 Å². The van der Waals surface area contributed by atoms with Crippen molar-refractivity contribution < 1.29 is 0 Å². The maximum atomic E-state index is 4.49. The second kappa shape index (κ2) is 6.48. The van der Waals surface area contributed by atoms with Crippen molar-refractivity contribution in [3.05, 3.63) is 65.0 Å². The standard InChI is InChI=1S/C17H22N2/c1-4-14-7-9-15(10-8-14)17(18-3)12-16-13(2)6-5-11-19-16/h5-11,17-18H,4,12H2,1-3H3. The Hall–Kier alpha value is -1.67. The van der Waals surface area contributed by atoms with Crippen LogP contribution in [0.5, 0.6) is 0 Å². The summed E-state index contributed by atoms with van der Waals surface area (Å²) in [7, 11) is 2.01. The number of pyridine rings is 1. The molecule has 1 atom stereocenters. The van der Waals surface area contributed by atoms with E-state index in [1.807, 2.05) is 19.3 Å². The third kappa shape index (κ3) is 3.42. The van der Waals surface area contributed by atoms with Crippen LogP contribution in [0.3, 0.4) is 0 Å². The van der Waals surface area contributed by atoms with Crippen molar-refractivity contribution >= 4 is 0 Å². The first-order chi connectivity index (χ1) is 9.24. The van der Waals surface area contributed by atoms with Crippen LogP contribution in [-0.4, -0.2) is 12.0 Å². The Labute approximate surface area is 115 Å². The minimum absolute atomic E-state index is 0.319. The molecule has 0 saturated carbocycles. The van der Waals surface area contributed by atoms with Gasteiger partial charge in [-0.05, 0) is 43.1 Å². The van der Waals surface area contributed by atoms with Gasteiger partial charge in [-0.3, -0.25) is 4.98 Å². The molecule has 0 saturated heterocycles. The molecule has 0 radical (unpaired) electrons. The molecule has 0 aliphatic carbocycles. The van der Waals surface area contributed by atoms with Gasteiger partial charge in [0.1, 0.15) is 0 Å². The first-order valence-corrected chi connectivity index (χ1v) is 6.91. The van der Waals surface area contributed by atoms with Crippen molar-refractivity contribution in [2.24, 2.45) is 0 Å². The lowest BCUT2D eigenvalue weighted by atomic mass is 9.98. The number of likely N-dealkylation sites (N-methyl/N-ethyl adjacent to an activating group) is 1. The van der Waals surface area contributed by atoms with Crippen LogP contribution in [0.4, 0.5) is 0 Å². The first kappa shape index (κ1) is 13.8. The Bertz CT molecular complexity index is 517. The topological polar surface area (TPSA) is 24.9 Å². The van der Waals surface area contributed by atoms with Crippen molar-refractivity contribution in [2.75, 3.05) is 7.05 Å². The molecular formula is C17H22N2. The van der Waals surface area contributed by atoms with Crippen LogP contribution in [0, 0.1) is 6.92 Å². The van der Waals surface area contributed by atoms with Crippen LogP contribution in [-0.2, 0) is 12.8 Å². The second-order valence-electron chi connectivity index (χ2n) is 4.91. The summed E-state index contributed by atoms with van der Waals surface area (Å²) in [5.74, 6) is 0. The predicted octanol–water partition coefficient (Wildman–Crippen LogP) is 3.46. The number of aryl methyl sites for hydroxylation is 2. The zero-order valence-corrected chi connectivity index (χ0v) is 12.0. The van der Waals surface area contributed by atoms with Gasteiger partial charge < -0.3 is 5.32 Å². The Balaban J connectivity index is 2.17. The van der Waals surface area contributed by atoms with E-state index in [1.165, 1.54) is 22.4 Å². The third-order valence-electron chi connectivity index (χ3n) is 3.65. The summed E-state index contributed by atoms with van der Waals surface area (Å²) in [4.78, 5) is 4.49. The second-order valence-corrected chi connectivity index (χ2v) is 4.91. The van der Waals surface area contributed by atoms with Gasteiger partial charge in [0.2, 0.25) is 0 Å². The summed E-state index contributed by atoms with van der Waals surface area (Å²) >= 11 is 0. The fourth-order valence-electron chi connectivity index (χ4n) is 2.30. The van der Waals surface area contributed by atoms with Gasteiger partial charge in [-0.1, -0.05) is 37.3 Å². The molecule has 2 rings (SSSR count). The van der Waals surface area contributed by atoms with Crippen molar-refractivity contribution in [3.8, 4) is 0 Å². The minimum atomic E-state index is 0.319. The number of aromatic nitrogens is 1. The molecule has 1 heterocycles. The number of hydrogen-bond acceptors (Lipinski definition) is 2. The number of hydrogen-bond donors (Lipinski definition) is 1. The van der Waals surface area contributed by atoms with E-state index in [4.69, 9.17) is 0 Å². The third-order valence-corrected chi connectivity index (χ3v) is 3.65. The summed E-state index contributed by atoms with van der Waals surface area (Å²) in [6, 6.07) is 13.3. The normalized spacial score (nSPS) is 12.4. The van der Waals surface area contributed by atoms with Crippen LogP contribution in [0.25, 0.3) is 0 Å². The fraction of sp³-hybridized carbons (Fsp3) is 0.353. The fourth-order valence-corrected chi connectivity index (χ4v) is 2.30. The molecule has 100 valence electrons. The maximum Gasteiger partial charge on any atom is 0.0451 e. The number of rotatable bonds is 5. The minimum Gasteiger partial charge on any atom is -0.313 e. The molecule has 2 heteroatoms. The van der Waals surface area contributed by atoms with E-state index in [-0.39, 0.29) is 0 Å². The highest BCUT2D eigenvalue weighted by Crippen LogP contribution is 2.19. The summed E-state index contributed by atoms with van der Waals surface area (Å²) in [6.45, 7) is 4.30. The van der Waals surface area contributed by atoms with Gasteiger partial charge >= 0.3 is 0 Å². The highest BCUT2D eigenvalue weighted by molar-refractivity contribution is 5.27. The van der Waals surface area contributed by atoms with Gasteiger partial charge in [-0.25, -0.2) is 0 Å². The molecule has 0 fully saturated rings. The van der Waals surface area contributed by atoms with Crippen LogP contribution in [0.2, 0.25) is 0 Å². The predicted molar refractivity (Wildman–Crippen MR) is 80.3 cm³/mol. The molecule has 2 nitrogen and oxygen atoms in total. The van der Waals surface area contributed by atoms with Gasteiger partial charge in [0.15, 0.2) is 0 Å². The Kier molecular flexibility index (Phi) is 4.69. The molecule has 2 aromatic rings. The van der Waals surface area contributed by atoms with Gasteiger partial charge in [-0.2, -0.15) is 0 Å². The largest absolute Gasteiger partial charge is 0.313 e. The highest BCUT2D eigenvalue weighted by atomic mass is 14.9. The highest BCUT2D eigenvalue weighted by Gasteiger charge is 2.12. The van der Waals surface area contributed by atoms with Crippen LogP contribution in [0.1, 0.15) is 35.3 Å². The Morgan fingerprint density at radius 1 is 1.16 bits per heavy atom. The summed E-state index contributed by atoms with van der Waals surface area (Å²) in [5.41, 5.74) is 5.13. The van der Waals surface area contributed by atoms with E-state index in [9.17, 15) is 0 Å². The number of benzene rings is 1.